The third-order valence-corrected chi connectivity index (χ3v) is 5.91. The van der Waals surface area contributed by atoms with Crippen LogP contribution < -0.4 is 9.64 Å². The Balaban J connectivity index is 1.82. The summed E-state index contributed by atoms with van der Waals surface area (Å²) >= 11 is 0. The fourth-order valence-electron chi connectivity index (χ4n) is 4.18. The van der Waals surface area contributed by atoms with Gasteiger partial charge in [0.25, 0.3) is 11.8 Å². The van der Waals surface area contributed by atoms with Gasteiger partial charge in [-0.3, -0.25) is 14.6 Å². The molecule has 0 atom stereocenters. The lowest BCUT2D eigenvalue weighted by Crippen LogP contribution is -2.36. The minimum absolute atomic E-state index is 0.313. The zero-order valence-corrected chi connectivity index (χ0v) is 19.1. The van der Waals surface area contributed by atoms with Crippen molar-refractivity contribution >= 4 is 23.1 Å². The first-order valence-electron chi connectivity index (χ1n) is 11.0. The number of likely N-dealkylation sites (N-methyl/N-ethyl adjacent to an activating group) is 1. The molecule has 2 amide bonds. The fraction of sp³-hybridized carbons (Fsp3) is 0.222. The molecule has 6 heteroatoms. The van der Waals surface area contributed by atoms with Gasteiger partial charge < -0.3 is 9.64 Å². The Morgan fingerprint density at radius 3 is 2.33 bits per heavy atom. The number of hydrogen-bond acceptors (Lipinski definition) is 5. The summed E-state index contributed by atoms with van der Waals surface area (Å²) in [7, 11) is 1.57. The number of methoxy groups -OCH3 is 1. The van der Waals surface area contributed by atoms with Gasteiger partial charge in [0.1, 0.15) is 11.4 Å². The van der Waals surface area contributed by atoms with Gasteiger partial charge in [-0.25, -0.2) is 4.90 Å². The molecule has 2 aromatic carbocycles. The molecular weight excluding hydrogens is 414 g/mol. The van der Waals surface area contributed by atoms with Crippen molar-refractivity contribution < 1.29 is 14.3 Å². The van der Waals surface area contributed by atoms with Crippen molar-refractivity contribution in [3.8, 4) is 5.75 Å². The lowest BCUT2D eigenvalue weighted by molar-refractivity contribution is -0.120. The van der Waals surface area contributed by atoms with Gasteiger partial charge in [0.2, 0.25) is 0 Å². The van der Waals surface area contributed by atoms with Crippen LogP contribution >= 0.6 is 0 Å². The van der Waals surface area contributed by atoms with Crippen molar-refractivity contribution in [1.29, 1.82) is 0 Å². The van der Waals surface area contributed by atoms with Crippen LogP contribution in [-0.4, -0.2) is 41.9 Å². The van der Waals surface area contributed by atoms with E-state index in [-0.39, 0.29) is 11.8 Å². The number of pyridine rings is 1. The maximum absolute atomic E-state index is 13.8. The molecule has 0 saturated carbocycles. The lowest BCUT2D eigenvalue weighted by Gasteiger charge is -2.25. The molecule has 1 aromatic heterocycles. The van der Waals surface area contributed by atoms with Gasteiger partial charge in [-0.2, -0.15) is 0 Å². The number of nitrogens with zero attached hydrogens (tertiary/aromatic N) is 3. The predicted octanol–water partition coefficient (Wildman–Crippen LogP) is 4.25. The molecule has 33 heavy (non-hydrogen) atoms. The number of rotatable bonds is 8. The zero-order valence-electron chi connectivity index (χ0n) is 19.1. The fourth-order valence-corrected chi connectivity index (χ4v) is 4.18. The van der Waals surface area contributed by atoms with E-state index in [2.05, 4.69) is 4.98 Å². The average Bonchev–Trinajstić information content (AvgIpc) is 3.10. The van der Waals surface area contributed by atoms with Crippen LogP contribution in [0.3, 0.4) is 0 Å². The number of anilines is 1. The van der Waals surface area contributed by atoms with Crippen LogP contribution in [0.4, 0.5) is 5.69 Å². The van der Waals surface area contributed by atoms with E-state index in [1.807, 2.05) is 67.3 Å². The van der Waals surface area contributed by atoms with Crippen molar-refractivity contribution in [2.45, 2.75) is 20.3 Å². The Morgan fingerprint density at radius 2 is 1.64 bits per heavy atom. The van der Waals surface area contributed by atoms with Crippen molar-refractivity contribution in [3.63, 3.8) is 0 Å². The van der Waals surface area contributed by atoms with Crippen molar-refractivity contribution in [1.82, 2.24) is 9.88 Å². The van der Waals surface area contributed by atoms with Gasteiger partial charge in [0, 0.05) is 31.0 Å². The van der Waals surface area contributed by atoms with E-state index in [1.165, 1.54) is 4.90 Å². The number of benzene rings is 2. The van der Waals surface area contributed by atoms with Crippen LogP contribution in [0.1, 0.15) is 23.6 Å². The second-order valence-electron chi connectivity index (χ2n) is 7.84. The third-order valence-electron chi connectivity index (χ3n) is 5.91. The highest BCUT2D eigenvalue weighted by molar-refractivity contribution is 6.45. The number of imide groups is 1. The third kappa shape index (κ3) is 4.24. The molecule has 0 fully saturated rings. The maximum Gasteiger partial charge on any atom is 0.282 e. The van der Waals surface area contributed by atoms with Crippen LogP contribution in [0.25, 0.3) is 5.57 Å². The second-order valence-corrected chi connectivity index (χ2v) is 7.84. The van der Waals surface area contributed by atoms with Gasteiger partial charge in [-0.15, -0.1) is 0 Å². The summed E-state index contributed by atoms with van der Waals surface area (Å²) in [5.41, 5.74) is 3.98. The number of carbonyl (C=O) groups excluding carboxylic acids is 2. The molecule has 0 radical (unpaired) electrons. The minimum Gasteiger partial charge on any atom is -0.496 e. The molecule has 2 heterocycles. The Morgan fingerprint density at radius 1 is 0.939 bits per heavy atom. The normalized spacial score (nSPS) is 13.6. The summed E-state index contributed by atoms with van der Waals surface area (Å²) in [6, 6.07) is 18.7. The summed E-state index contributed by atoms with van der Waals surface area (Å²) in [4.78, 5) is 35.0. The molecular formula is C27H27N3O3. The van der Waals surface area contributed by atoms with Crippen molar-refractivity contribution in [2.24, 2.45) is 0 Å². The Kier molecular flexibility index (Phi) is 6.54. The molecule has 0 saturated heterocycles. The molecule has 0 unspecified atom stereocenters. The summed E-state index contributed by atoms with van der Waals surface area (Å²) in [6.45, 7) is 5.07. The van der Waals surface area contributed by atoms with E-state index in [0.717, 1.165) is 17.5 Å². The molecule has 0 spiro atoms. The largest absolute Gasteiger partial charge is 0.496 e. The van der Waals surface area contributed by atoms with Crippen molar-refractivity contribution in [3.05, 3.63) is 95.4 Å². The standard InChI is InChI=1S/C27H27N3O3/c1-4-29(18-15-20-13-16-28-17-14-20)25-24(21-10-6-8-12-23(21)33-3)26(31)30(27(25)32)22-11-7-5-9-19(22)2/h5-14,16-17H,4,15,18H2,1-3H3. The molecule has 0 bridgehead atoms. The Bertz CT molecular complexity index is 1200. The molecule has 4 rings (SSSR count). The van der Waals surface area contributed by atoms with E-state index in [4.69, 9.17) is 4.74 Å². The summed E-state index contributed by atoms with van der Waals surface area (Å²) in [6.07, 6.45) is 4.25. The molecule has 0 N–H and O–H groups in total. The molecule has 3 aromatic rings. The van der Waals surface area contributed by atoms with Gasteiger partial charge in [0.05, 0.1) is 18.4 Å². The molecule has 1 aliphatic rings. The van der Waals surface area contributed by atoms with E-state index < -0.39 is 0 Å². The summed E-state index contributed by atoms with van der Waals surface area (Å²) in [5.74, 6) is -0.0917. The van der Waals surface area contributed by atoms with Crippen LogP contribution in [0.15, 0.2) is 78.8 Å². The number of aryl methyl sites for hydroxylation is 1. The molecule has 6 nitrogen and oxygen atoms in total. The monoisotopic (exact) mass is 441 g/mol. The van der Waals surface area contributed by atoms with Gasteiger partial charge in [-0.05, 0) is 55.7 Å². The van der Waals surface area contributed by atoms with Gasteiger partial charge >= 0.3 is 0 Å². The number of aromatic nitrogens is 1. The Hall–Kier alpha value is -3.93. The first-order chi connectivity index (χ1) is 16.1. The molecule has 1 aliphatic heterocycles. The topological polar surface area (TPSA) is 62.7 Å². The quantitative estimate of drug-likeness (QED) is 0.489. The number of carbonyl (C=O) groups is 2. The highest BCUT2D eigenvalue weighted by Crippen LogP contribution is 2.39. The van der Waals surface area contributed by atoms with E-state index in [1.54, 1.807) is 31.6 Å². The van der Waals surface area contributed by atoms with E-state index in [9.17, 15) is 9.59 Å². The lowest BCUT2D eigenvalue weighted by atomic mass is 10.0. The van der Waals surface area contributed by atoms with Gasteiger partial charge in [0.15, 0.2) is 0 Å². The predicted molar refractivity (Wildman–Crippen MR) is 129 cm³/mol. The van der Waals surface area contributed by atoms with Crippen LogP contribution in [0, 0.1) is 6.92 Å². The summed E-state index contributed by atoms with van der Waals surface area (Å²) < 4.78 is 5.56. The van der Waals surface area contributed by atoms with Crippen molar-refractivity contribution in [2.75, 3.05) is 25.1 Å². The van der Waals surface area contributed by atoms with E-state index in [0.29, 0.717) is 41.4 Å². The zero-order chi connectivity index (χ0) is 23.4. The highest BCUT2D eigenvalue weighted by Gasteiger charge is 2.43. The summed E-state index contributed by atoms with van der Waals surface area (Å²) in [5, 5.41) is 0. The second kappa shape index (κ2) is 9.69. The number of hydrogen-bond donors (Lipinski definition) is 0. The minimum atomic E-state index is -0.337. The van der Waals surface area contributed by atoms with Crippen LogP contribution in [0.2, 0.25) is 0 Å². The average molecular weight is 442 g/mol. The van der Waals surface area contributed by atoms with Gasteiger partial charge in [-0.1, -0.05) is 36.4 Å². The maximum atomic E-state index is 13.8. The highest BCUT2D eigenvalue weighted by atomic mass is 16.5. The Labute approximate surface area is 194 Å². The first kappa shape index (κ1) is 22.3. The number of ether oxygens (including phenoxy) is 1. The smallest absolute Gasteiger partial charge is 0.282 e. The number of amides is 2. The molecule has 168 valence electrons. The SMILES string of the molecule is CCN(CCc1ccncc1)C1=C(c2ccccc2OC)C(=O)N(c2ccccc2C)C1=O. The first-order valence-corrected chi connectivity index (χ1v) is 11.0. The number of para-hydroxylation sites is 2. The van der Waals surface area contributed by atoms with E-state index >= 15 is 0 Å². The molecule has 0 aliphatic carbocycles. The van der Waals surface area contributed by atoms with Crippen LogP contribution in [-0.2, 0) is 16.0 Å². The van der Waals surface area contributed by atoms with Crippen LogP contribution in [0.5, 0.6) is 5.75 Å².